The first-order valence-corrected chi connectivity index (χ1v) is 4.45. The van der Waals surface area contributed by atoms with E-state index in [2.05, 4.69) is 15.2 Å². The molecule has 1 unspecified atom stereocenters. The fraction of sp³-hybridized carbons (Fsp3) is 0.222. The van der Waals surface area contributed by atoms with Gasteiger partial charge in [0.1, 0.15) is 5.69 Å². The van der Waals surface area contributed by atoms with Crippen molar-refractivity contribution in [1.82, 2.24) is 15.2 Å². The van der Waals surface area contributed by atoms with Crippen LogP contribution < -0.4 is 11.3 Å². The Morgan fingerprint density at radius 1 is 1.47 bits per heavy atom. The van der Waals surface area contributed by atoms with Gasteiger partial charge in [0.15, 0.2) is 0 Å². The minimum Gasteiger partial charge on any atom is -0.418 e. The van der Waals surface area contributed by atoms with Gasteiger partial charge < -0.3 is 15.1 Å². The van der Waals surface area contributed by atoms with Gasteiger partial charge in [0, 0.05) is 6.07 Å². The fourth-order valence-corrected chi connectivity index (χ4v) is 1.10. The summed E-state index contributed by atoms with van der Waals surface area (Å²) in [5, 5.41) is 7.54. The monoisotopic (exact) mass is 206 g/mol. The number of H-pyrrole nitrogens is 1. The van der Waals surface area contributed by atoms with Gasteiger partial charge in [-0.2, -0.15) is 0 Å². The predicted octanol–water partition coefficient (Wildman–Crippen LogP) is 0.445. The molecule has 2 aromatic heterocycles. The number of hydrogen-bond donors (Lipinski definition) is 2. The lowest BCUT2D eigenvalue weighted by Gasteiger charge is -1.95. The summed E-state index contributed by atoms with van der Waals surface area (Å²) >= 11 is 0. The lowest BCUT2D eigenvalue weighted by atomic mass is 10.3. The second-order valence-corrected chi connectivity index (χ2v) is 3.16. The van der Waals surface area contributed by atoms with Gasteiger partial charge in [0.05, 0.1) is 6.04 Å². The van der Waals surface area contributed by atoms with Gasteiger partial charge in [-0.05, 0) is 13.0 Å². The second kappa shape index (κ2) is 3.66. The van der Waals surface area contributed by atoms with E-state index in [1.54, 1.807) is 19.1 Å². The molecule has 0 saturated heterocycles. The molecule has 0 bridgehead atoms. The van der Waals surface area contributed by atoms with Crippen LogP contribution >= 0.6 is 0 Å². The highest BCUT2D eigenvalue weighted by atomic mass is 16.4. The minimum absolute atomic E-state index is 0.215. The van der Waals surface area contributed by atoms with Crippen LogP contribution in [0.3, 0.4) is 0 Å². The summed E-state index contributed by atoms with van der Waals surface area (Å²) < 4.78 is 5.27. The molecule has 0 aromatic carbocycles. The van der Waals surface area contributed by atoms with Crippen molar-refractivity contribution in [3.8, 4) is 11.6 Å². The Labute approximate surface area is 85.1 Å². The van der Waals surface area contributed by atoms with Crippen molar-refractivity contribution in [2.75, 3.05) is 0 Å². The molecule has 0 fully saturated rings. The average molecular weight is 206 g/mol. The molecule has 0 amide bonds. The molecule has 0 aliphatic rings. The molecule has 0 aliphatic heterocycles. The first-order valence-electron chi connectivity index (χ1n) is 4.45. The Balaban J connectivity index is 2.41. The number of nitrogens with two attached hydrogens (primary N) is 1. The fourth-order valence-electron chi connectivity index (χ4n) is 1.10. The molecule has 0 saturated carbocycles. The van der Waals surface area contributed by atoms with Crippen molar-refractivity contribution in [2.24, 2.45) is 5.73 Å². The maximum atomic E-state index is 11.0. The number of aromatic nitrogens is 3. The average Bonchev–Trinajstić information content (AvgIpc) is 2.66. The molecule has 15 heavy (non-hydrogen) atoms. The highest BCUT2D eigenvalue weighted by Gasteiger charge is 2.11. The molecule has 6 nitrogen and oxygen atoms in total. The van der Waals surface area contributed by atoms with Crippen LogP contribution in [0.1, 0.15) is 18.9 Å². The van der Waals surface area contributed by atoms with Gasteiger partial charge in [0.25, 0.3) is 5.89 Å². The largest absolute Gasteiger partial charge is 0.418 e. The molecule has 78 valence electrons. The second-order valence-electron chi connectivity index (χ2n) is 3.16. The van der Waals surface area contributed by atoms with Crippen LogP contribution in [0.4, 0.5) is 0 Å². The quantitative estimate of drug-likeness (QED) is 0.743. The molecule has 0 aliphatic carbocycles. The minimum atomic E-state index is -0.318. The van der Waals surface area contributed by atoms with Crippen molar-refractivity contribution in [2.45, 2.75) is 13.0 Å². The Kier molecular flexibility index (Phi) is 2.34. The zero-order valence-corrected chi connectivity index (χ0v) is 8.10. The Bertz CT molecular complexity index is 515. The van der Waals surface area contributed by atoms with Crippen molar-refractivity contribution in [3.63, 3.8) is 0 Å². The maximum absolute atomic E-state index is 11.0. The van der Waals surface area contributed by atoms with E-state index in [1.165, 1.54) is 6.07 Å². The number of rotatable bonds is 2. The van der Waals surface area contributed by atoms with Crippen molar-refractivity contribution in [3.05, 3.63) is 34.4 Å². The number of nitrogens with one attached hydrogen (secondary N) is 1. The zero-order valence-electron chi connectivity index (χ0n) is 8.10. The van der Waals surface area contributed by atoms with E-state index < -0.39 is 0 Å². The molecule has 6 heteroatoms. The van der Waals surface area contributed by atoms with Gasteiger partial charge in [0.2, 0.25) is 11.4 Å². The van der Waals surface area contributed by atoms with Gasteiger partial charge >= 0.3 is 0 Å². The van der Waals surface area contributed by atoms with Crippen LogP contribution in [0, 0.1) is 0 Å². The SMILES string of the molecule is CC(N)c1nnc(-c2cccc(=O)[nH]2)o1. The smallest absolute Gasteiger partial charge is 0.264 e. The summed E-state index contributed by atoms with van der Waals surface area (Å²) in [5.41, 5.74) is 5.84. The van der Waals surface area contributed by atoms with Crippen LogP contribution in [-0.2, 0) is 0 Å². The molecular formula is C9H10N4O2. The summed E-state index contributed by atoms with van der Waals surface area (Å²) in [5.74, 6) is 0.606. The van der Waals surface area contributed by atoms with Crippen molar-refractivity contribution < 1.29 is 4.42 Å². The van der Waals surface area contributed by atoms with Gasteiger partial charge in [-0.3, -0.25) is 4.79 Å². The van der Waals surface area contributed by atoms with Crippen LogP contribution in [0.15, 0.2) is 27.4 Å². The number of nitrogens with zero attached hydrogens (tertiary/aromatic N) is 2. The van der Waals surface area contributed by atoms with Crippen LogP contribution in [0.2, 0.25) is 0 Å². The molecule has 2 rings (SSSR count). The van der Waals surface area contributed by atoms with E-state index in [1.807, 2.05) is 0 Å². The van der Waals surface area contributed by atoms with Crippen molar-refractivity contribution >= 4 is 0 Å². The third kappa shape index (κ3) is 1.94. The Morgan fingerprint density at radius 3 is 2.87 bits per heavy atom. The van der Waals surface area contributed by atoms with E-state index >= 15 is 0 Å². The lowest BCUT2D eigenvalue weighted by Crippen LogP contribution is -2.04. The Hall–Kier alpha value is -1.95. The molecular weight excluding hydrogens is 196 g/mol. The van der Waals surface area contributed by atoms with Gasteiger partial charge in [-0.15, -0.1) is 10.2 Å². The van der Waals surface area contributed by atoms with Gasteiger partial charge in [-0.25, -0.2) is 0 Å². The summed E-state index contributed by atoms with van der Waals surface area (Å²) in [6.45, 7) is 1.74. The normalized spacial score (nSPS) is 12.7. The number of hydrogen-bond acceptors (Lipinski definition) is 5. The van der Waals surface area contributed by atoms with Crippen LogP contribution in [-0.4, -0.2) is 15.2 Å². The lowest BCUT2D eigenvalue weighted by molar-refractivity contribution is 0.472. The van der Waals surface area contributed by atoms with E-state index in [9.17, 15) is 4.79 Å². The first-order chi connectivity index (χ1) is 7.16. The molecule has 2 aromatic rings. The zero-order chi connectivity index (χ0) is 10.8. The number of aromatic amines is 1. The maximum Gasteiger partial charge on any atom is 0.264 e. The number of pyridine rings is 1. The molecule has 1 atom stereocenters. The summed E-state index contributed by atoms with van der Waals surface area (Å²) in [4.78, 5) is 13.6. The Morgan fingerprint density at radius 2 is 2.27 bits per heavy atom. The summed E-state index contributed by atoms with van der Waals surface area (Å²) in [6, 6.07) is 4.39. The third-order valence-corrected chi connectivity index (χ3v) is 1.83. The summed E-state index contributed by atoms with van der Waals surface area (Å²) in [6.07, 6.45) is 0. The van der Waals surface area contributed by atoms with E-state index in [-0.39, 0.29) is 17.5 Å². The van der Waals surface area contributed by atoms with E-state index in [0.717, 1.165) is 0 Å². The third-order valence-electron chi connectivity index (χ3n) is 1.83. The van der Waals surface area contributed by atoms with Crippen molar-refractivity contribution in [1.29, 1.82) is 0 Å². The van der Waals surface area contributed by atoms with E-state index in [0.29, 0.717) is 11.6 Å². The highest BCUT2D eigenvalue weighted by molar-refractivity contribution is 5.44. The molecule has 2 heterocycles. The highest BCUT2D eigenvalue weighted by Crippen LogP contribution is 2.15. The molecule has 0 radical (unpaired) electrons. The molecule has 0 spiro atoms. The van der Waals surface area contributed by atoms with E-state index in [4.69, 9.17) is 10.2 Å². The predicted molar refractivity (Wildman–Crippen MR) is 53.0 cm³/mol. The summed E-state index contributed by atoms with van der Waals surface area (Å²) in [7, 11) is 0. The first kappa shape index (κ1) is 9.60. The topological polar surface area (TPSA) is 97.8 Å². The van der Waals surface area contributed by atoms with Crippen LogP contribution in [0.5, 0.6) is 0 Å². The van der Waals surface area contributed by atoms with Gasteiger partial charge in [-0.1, -0.05) is 6.07 Å². The van der Waals surface area contributed by atoms with Crippen LogP contribution in [0.25, 0.3) is 11.6 Å². The molecule has 3 N–H and O–H groups in total. The standard InChI is InChI=1S/C9H10N4O2/c1-5(10)8-12-13-9(15-8)6-3-2-4-7(14)11-6/h2-5H,10H2,1H3,(H,11,14).